The number of aromatic hydroxyl groups is 1. The molecule has 0 aliphatic rings. The van der Waals surface area contributed by atoms with Gasteiger partial charge in [-0.05, 0) is 25.1 Å². The molecule has 1 aromatic heterocycles. The van der Waals surface area contributed by atoms with Crippen LogP contribution in [0.3, 0.4) is 0 Å². The third-order valence-electron chi connectivity index (χ3n) is 3.78. The van der Waals surface area contributed by atoms with Crippen molar-refractivity contribution in [2.45, 2.75) is 18.4 Å². The van der Waals surface area contributed by atoms with Crippen LogP contribution in [-0.2, 0) is 16.6 Å². The van der Waals surface area contributed by atoms with Crippen LogP contribution in [0, 0.1) is 6.92 Å². The van der Waals surface area contributed by atoms with Crippen molar-refractivity contribution < 1.29 is 23.4 Å². The molecule has 0 saturated heterocycles. The summed E-state index contributed by atoms with van der Waals surface area (Å²) in [6.45, 7) is 1.31. The molecule has 1 heterocycles. The van der Waals surface area contributed by atoms with Gasteiger partial charge in [-0.25, -0.2) is 12.7 Å². The van der Waals surface area contributed by atoms with Gasteiger partial charge in [0.1, 0.15) is 16.4 Å². The van der Waals surface area contributed by atoms with Gasteiger partial charge in [0, 0.05) is 37.6 Å². The molecule has 2 aromatic rings. The second-order valence-corrected chi connectivity index (χ2v) is 7.79. The van der Waals surface area contributed by atoms with Gasteiger partial charge in [0.25, 0.3) is 0 Å². The molecule has 2 rings (SSSR count). The molecule has 0 spiro atoms. The van der Waals surface area contributed by atoms with Gasteiger partial charge in [-0.2, -0.15) is 0 Å². The van der Waals surface area contributed by atoms with Crippen LogP contribution < -0.4 is 4.74 Å². The molecule has 1 aromatic carbocycles. The summed E-state index contributed by atoms with van der Waals surface area (Å²) in [6.07, 6.45) is 2.82. The molecule has 26 heavy (non-hydrogen) atoms. The van der Waals surface area contributed by atoms with Crippen molar-refractivity contribution in [3.8, 4) is 11.5 Å². The number of aliphatic hydroxyl groups excluding tert-OH is 1. The molecule has 8 nitrogen and oxygen atoms in total. The molecule has 0 bridgehead atoms. The average Bonchev–Trinajstić information content (AvgIpc) is 2.62. The Kier molecular flexibility index (Phi) is 5.96. The van der Waals surface area contributed by atoms with Crippen LogP contribution >= 0.6 is 0 Å². The molecule has 0 saturated carbocycles. The first-order chi connectivity index (χ1) is 12.2. The summed E-state index contributed by atoms with van der Waals surface area (Å²) in [6, 6.07) is 4.48. The minimum absolute atomic E-state index is 0.0165. The van der Waals surface area contributed by atoms with Crippen molar-refractivity contribution in [2.75, 3.05) is 21.2 Å². The summed E-state index contributed by atoms with van der Waals surface area (Å²) in [5.41, 5.74) is 1.48. The topological polar surface area (TPSA) is 112 Å². The van der Waals surface area contributed by atoms with Gasteiger partial charge < -0.3 is 14.9 Å². The summed E-state index contributed by atoms with van der Waals surface area (Å²) in [7, 11) is 0.523. The number of aryl methyl sites for hydroxylation is 1. The molecule has 0 aliphatic carbocycles. The van der Waals surface area contributed by atoms with Crippen LogP contribution in [-0.4, -0.2) is 55.3 Å². The first kappa shape index (κ1) is 19.8. The van der Waals surface area contributed by atoms with E-state index in [9.17, 15) is 18.6 Å². The third kappa shape index (κ3) is 3.85. The average molecular weight is 379 g/mol. The number of aliphatic hydroxyl groups is 1. The number of ether oxygens (including phenoxy) is 1. The number of benzene rings is 1. The third-order valence-corrected chi connectivity index (χ3v) is 5.61. The molecular weight excluding hydrogens is 358 g/mol. The van der Waals surface area contributed by atoms with Gasteiger partial charge in [-0.1, -0.05) is 0 Å². The van der Waals surface area contributed by atoms with Gasteiger partial charge in [-0.3, -0.25) is 9.98 Å². The Labute approximate surface area is 152 Å². The predicted molar refractivity (Wildman–Crippen MR) is 97.7 cm³/mol. The fraction of sp³-hybridized carbons (Fsp3) is 0.294. The van der Waals surface area contributed by atoms with E-state index in [1.54, 1.807) is 13.0 Å². The Balaban J connectivity index is 2.53. The fourth-order valence-electron chi connectivity index (χ4n) is 2.21. The van der Waals surface area contributed by atoms with Crippen LogP contribution in [0.25, 0.3) is 0 Å². The second kappa shape index (κ2) is 7.81. The summed E-state index contributed by atoms with van der Waals surface area (Å²) in [5.74, 6) is 0.117. The molecule has 0 amide bonds. The van der Waals surface area contributed by atoms with Crippen LogP contribution in [0.1, 0.15) is 16.8 Å². The SMILES string of the molecule is COc1ccc(N=Cc2c(CO)cnc(C)c2O)cc1S(=O)(=O)N(C)C. The maximum atomic E-state index is 12.5. The zero-order valence-electron chi connectivity index (χ0n) is 15.0. The normalized spacial score (nSPS) is 12.1. The monoisotopic (exact) mass is 379 g/mol. The van der Waals surface area contributed by atoms with E-state index in [0.29, 0.717) is 22.5 Å². The number of nitrogens with zero attached hydrogens (tertiary/aromatic N) is 3. The zero-order chi connectivity index (χ0) is 19.5. The molecule has 0 radical (unpaired) electrons. The van der Waals surface area contributed by atoms with E-state index in [4.69, 9.17) is 4.74 Å². The van der Waals surface area contributed by atoms with Crippen LogP contribution in [0.4, 0.5) is 5.69 Å². The van der Waals surface area contributed by atoms with E-state index in [-0.39, 0.29) is 23.0 Å². The lowest BCUT2D eigenvalue weighted by Gasteiger charge is -2.14. The summed E-state index contributed by atoms with van der Waals surface area (Å²) in [5, 5.41) is 19.5. The quantitative estimate of drug-likeness (QED) is 0.737. The predicted octanol–water partition coefficient (Wildman–Crippen LogP) is 1.60. The van der Waals surface area contributed by atoms with Crippen molar-refractivity contribution in [3.05, 3.63) is 41.2 Å². The van der Waals surface area contributed by atoms with Crippen LogP contribution in [0.15, 0.2) is 34.3 Å². The Morgan fingerprint density at radius 2 is 2.04 bits per heavy atom. The van der Waals surface area contributed by atoms with E-state index in [1.807, 2.05) is 0 Å². The lowest BCUT2D eigenvalue weighted by molar-refractivity contribution is 0.280. The van der Waals surface area contributed by atoms with Crippen molar-refractivity contribution in [2.24, 2.45) is 4.99 Å². The van der Waals surface area contributed by atoms with E-state index >= 15 is 0 Å². The molecule has 9 heteroatoms. The van der Waals surface area contributed by atoms with Crippen molar-refractivity contribution in [1.82, 2.24) is 9.29 Å². The highest BCUT2D eigenvalue weighted by atomic mass is 32.2. The Hall–Kier alpha value is -2.49. The van der Waals surface area contributed by atoms with Crippen LogP contribution in [0.2, 0.25) is 0 Å². The largest absolute Gasteiger partial charge is 0.505 e. The molecular formula is C17H21N3O5S. The van der Waals surface area contributed by atoms with Crippen molar-refractivity contribution in [1.29, 1.82) is 0 Å². The van der Waals surface area contributed by atoms with E-state index < -0.39 is 10.0 Å². The Bertz CT molecular complexity index is 940. The number of aromatic nitrogens is 1. The van der Waals surface area contributed by atoms with Crippen molar-refractivity contribution in [3.63, 3.8) is 0 Å². The number of methoxy groups -OCH3 is 1. The molecule has 0 unspecified atom stereocenters. The highest BCUT2D eigenvalue weighted by Crippen LogP contribution is 2.30. The van der Waals surface area contributed by atoms with Gasteiger partial charge in [-0.15, -0.1) is 0 Å². The highest BCUT2D eigenvalue weighted by molar-refractivity contribution is 7.89. The van der Waals surface area contributed by atoms with E-state index in [2.05, 4.69) is 9.98 Å². The number of hydrogen-bond donors (Lipinski definition) is 2. The van der Waals surface area contributed by atoms with Crippen LogP contribution in [0.5, 0.6) is 11.5 Å². The molecule has 0 atom stereocenters. The fourth-order valence-corrected chi connectivity index (χ4v) is 3.27. The van der Waals surface area contributed by atoms with E-state index in [1.165, 1.54) is 45.7 Å². The number of hydrogen-bond acceptors (Lipinski definition) is 7. The minimum Gasteiger partial charge on any atom is -0.505 e. The zero-order valence-corrected chi connectivity index (χ0v) is 15.8. The first-order valence-corrected chi connectivity index (χ1v) is 9.09. The number of rotatable bonds is 6. The van der Waals surface area contributed by atoms with E-state index in [0.717, 1.165) is 4.31 Å². The summed E-state index contributed by atoms with van der Waals surface area (Å²) in [4.78, 5) is 8.20. The number of sulfonamides is 1. The second-order valence-electron chi connectivity index (χ2n) is 5.67. The van der Waals surface area contributed by atoms with Gasteiger partial charge >= 0.3 is 0 Å². The van der Waals surface area contributed by atoms with Gasteiger partial charge in [0.2, 0.25) is 10.0 Å². The van der Waals surface area contributed by atoms with Crippen molar-refractivity contribution >= 4 is 21.9 Å². The standard InChI is InChI=1S/C17H21N3O5S/c1-11-17(22)14(12(10-21)8-18-11)9-19-13-5-6-15(25-4)16(7-13)26(23,24)20(2)3/h5-9,21-22H,10H2,1-4H3. The molecule has 140 valence electrons. The summed E-state index contributed by atoms with van der Waals surface area (Å²) < 4.78 is 31.1. The lowest BCUT2D eigenvalue weighted by Crippen LogP contribution is -2.22. The Morgan fingerprint density at radius 1 is 1.35 bits per heavy atom. The lowest BCUT2D eigenvalue weighted by atomic mass is 10.1. The first-order valence-electron chi connectivity index (χ1n) is 7.65. The number of aliphatic imine (C=N–C) groups is 1. The maximum Gasteiger partial charge on any atom is 0.246 e. The van der Waals surface area contributed by atoms with Gasteiger partial charge in [0.15, 0.2) is 0 Å². The smallest absolute Gasteiger partial charge is 0.246 e. The minimum atomic E-state index is -3.72. The van der Waals surface area contributed by atoms with Gasteiger partial charge in [0.05, 0.1) is 25.1 Å². The maximum absolute atomic E-state index is 12.5. The molecule has 2 N–H and O–H groups in total. The summed E-state index contributed by atoms with van der Waals surface area (Å²) >= 11 is 0. The molecule has 0 fully saturated rings. The number of pyridine rings is 1. The molecule has 0 aliphatic heterocycles. The Morgan fingerprint density at radius 3 is 2.62 bits per heavy atom. The highest BCUT2D eigenvalue weighted by Gasteiger charge is 2.22.